The molecule has 2 aliphatic heterocycles. The van der Waals surface area contributed by atoms with Gasteiger partial charge in [0, 0.05) is 17.8 Å². The highest BCUT2D eigenvalue weighted by atomic mass is 16.1. The maximum atomic E-state index is 13.0. The molecule has 3 aliphatic rings. The van der Waals surface area contributed by atoms with Crippen LogP contribution in [0.5, 0.6) is 0 Å². The molecule has 2 aromatic rings. The summed E-state index contributed by atoms with van der Waals surface area (Å²) in [7, 11) is 4.40. The van der Waals surface area contributed by atoms with Crippen molar-refractivity contribution in [3.05, 3.63) is 75.5 Å². The highest BCUT2D eigenvalue weighted by Gasteiger charge is 2.39. The highest BCUT2D eigenvalue weighted by Crippen LogP contribution is 2.36. The Labute approximate surface area is 178 Å². The molecule has 1 atom stereocenters. The van der Waals surface area contributed by atoms with Crippen LogP contribution in [-0.4, -0.2) is 58.5 Å². The lowest BCUT2D eigenvalue weighted by atomic mass is 9.89. The van der Waals surface area contributed by atoms with E-state index < -0.39 is 0 Å². The van der Waals surface area contributed by atoms with Crippen LogP contribution in [0.3, 0.4) is 0 Å². The van der Waals surface area contributed by atoms with Gasteiger partial charge in [-0.3, -0.25) is 13.7 Å². The van der Waals surface area contributed by atoms with Gasteiger partial charge in [-0.25, -0.2) is 4.98 Å². The van der Waals surface area contributed by atoms with Crippen LogP contribution in [0.15, 0.2) is 53.1 Å². The number of pyridine rings is 1. The van der Waals surface area contributed by atoms with Gasteiger partial charge in [-0.05, 0) is 68.6 Å². The van der Waals surface area contributed by atoms with E-state index >= 15 is 0 Å². The van der Waals surface area contributed by atoms with E-state index in [1.54, 1.807) is 10.5 Å². The number of hydrogen-bond donors (Lipinski definition) is 0. The molecule has 0 aromatic carbocycles. The Hall–Kier alpha value is -2.50. The molecule has 0 N–H and O–H groups in total. The Bertz CT molecular complexity index is 1160. The van der Waals surface area contributed by atoms with Crippen molar-refractivity contribution in [2.45, 2.75) is 38.6 Å². The zero-order chi connectivity index (χ0) is 21.0. The molecule has 1 aliphatic carbocycles. The molecule has 0 saturated carbocycles. The number of piperidine rings is 1. The van der Waals surface area contributed by atoms with E-state index in [4.69, 9.17) is 4.98 Å². The fourth-order valence-corrected chi connectivity index (χ4v) is 5.23. The van der Waals surface area contributed by atoms with Gasteiger partial charge in [-0.2, -0.15) is 0 Å². The number of likely N-dealkylation sites (N-methyl/N-ethyl adjacent to an activating group) is 1. The molecule has 2 aromatic heterocycles. The van der Waals surface area contributed by atoms with Gasteiger partial charge in [0.25, 0.3) is 5.56 Å². The average molecular weight is 404 g/mol. The Morgan fingerprint density at radius 2 is 1.97 bits per heavy atom. The SMILES string of the molecule is CCN1CCC(c2cc(C)c3nc(C4=CC5=C[N+](C)(C)C5C=C4)cc(=O)n3c2)CC1. The molecule has 0 bridgehead atoms. The first kappa shape index (κ1) is 19.5. The van der Waals surface area contributed by atoms with E-state index in [0.29, 0.717) is 12.0 Å². The van der Waals surface area contributed by atoms with E-state index in [-0.39, 0.29) is 5.56 Å². The number of aryl methyl sites for hydroxylation is 1. The molecule has 0 amide bonds. The molecule has 0 spiro atoms. The van der Waals surface area contributed by atoms with Crippen molar-refractivity contribution < 1.29 is 4.48 Å². The number of quaternary nitrogens is 1. The van der Waals surface area contributed by atoms with E-state index in [1.165, 1.54) is 11.1 Å². The number of fused-ring (bicyclic) bond motifs is 2. The van der Waals surface area contributed by atoms with Crippen LogP contribution in [0.2, 0.25) is 0 Å². The number of rotatable bonds is 3. The quantitative estimate of drug-likeness (QED) is 0.736. The topological polar surface area (TPSA) is 37.6 Å². The predicted molar refractivity (Wildman–Crippen MR) is 121 cm³/mol. The van der Waals surface area contributed by atoms with Gasteiger partial charge in [0.1, 0.15) is 17.9 Å². The monoisotopic (exact) mass is 403 g/mol. The van der Waals surface area contributed by atoms with E-state index in [1.807, 2.05) is 6.20 Å². The van der Waals surface area contributed by atoms with Gasteiger partial charge in [-0.1, -0.05) is 19.1 Å². The summed E-state index contributed by atoms with van der Waals surface area (Å²) in [5, 5.41) is 0. The normalized spacial score (nSPS) is 23.7. The summed E-state index contributed by atoms with van der Waals surface area (Å²) in [6.07, 6.45) is 13.1. The van der Waals surface area contributed by atoms with E-state index in [9.17, 15) is 4.79 Å². The Morgan fingerprint density at radius 3 is 2.63 bits per heavy atom. The van der Waals surface area contributed by atoms with Gasteiger partial charge in [0.2, 0.25) is 0 Å². The molecular formula is C25H31N4O+. The number of aromatic nitrogens is 2. The number of allylic oxidation sites excluding steroid dienone is 2. The lowest BCUT2D eigenvalue weighted by Gasteiger charge is -2.42. The van der Waals surface area contributed by atoms with Crippen molar-refractivity contribution in [1.82, 2.24) is 14.3 Å². The van der Waals surface area contributed by atoms with Gasteiger partial charge in [0.05, 0.1) is 25.4 Å². The van der Waals surface area contributed by atoms with Crippen molar-refractivity contribution >= 4 is 11.2 Å². The van der Waals surface area contributed by atoms with Crippen LogP contribution in [0, 0.1) is 6.92 Å². The first-order valence-electron chi connectivity index (χ1n) is 11.1. The maximum absolute atomic E-state index is 13.0. The summed E-state index contributed by atoms with van der Waals surface area (Å²) in [5.41, 5.74) is 6.20. The molecule has 1 unspecified atom stereocenters. The number of nitrogens with zero attached hydrogens (tertiary/aromatic N) is 4. The van der Waals surface area contributed by atoms with Crippen molar-refractivity contribution in [2.75, 3.05) is 33.7 Å². The summed E-state index contributed by atoms with van der Waals surface area (Å²) in [5.74, 6) is 0.524. The third kappa shape index (κ3) is 3.17. The van der Waals surface area contributed by atoms with Gasteiger partial charge in [0.15, 0.2) is 0 Å². The zero-order valence-corrected chi connectivity index (χ0v) is 18.4. The molecule has 1 fully saturated rings. The van der Waals surface area contributed by atoms with Crippen molar-refractivity contribution in [3.8, 4) is 0 Å². The third-order valence-electron chi connectivity index (χ3n) is 7.09. The summed E-state index contributed by atoms with van der Waals surface area (Å²) >= 11 is 0. The third-order valence-corrected chi connectivity index (χ3v) is 7.09. The largest absolute Gasteiger partial charge is 0.304 e. The van der Waals surface area contributed by atoms with E-state index in [2.05, 4.69) is 63.3 Å². The summed E-state index contributed by atoms with van der Waals surface area (Å²) in [6, 6.07) is 4.35. The van der Waals surface area contributed by atoms with Crippen LogP contribution in [0.1, 0.15) is 42.5 Å². The Kier molecular flexibility index (Phi) is 4.56. The van der Waals surface area contributed by atoms with Crippen LogP contribution >= 0.6 is 0 Å². The summed E-state index contributed by atoms with van der Waals surface area (Å²) in [6.45, 7) is 7.69. The Balaban J connectivity index is 1.50. The van der Waals surface area contributed by atoms with Crippen LogP contribution in [-0.2, 0) is 0 Å². The van der Waals surface area contributed by atoms with Crippen molar-refractivity contribution in [1.29, 1.82) is 0 Å². The average Bonchev–Trinajstić information content (AvgIpc) is 2.73. The summed E-state index contributed by atoms with van der Waals surface area (Å²) < 4.78 is 2.63. The zero-order valence-electron chi connectivity index (χ0n) is 18.4. The van der Waals surface area contributed by atoms with Gasteiger partial charge >= 0.3 is 0 Å². The number of likely N-dealkylation sites (tertiary alicyclic amines) is 1. The molecule has 5 heteroatoms. The number of hydrogen-bond acceptors (Lipinski definition) is 3. The van der Waals surface area contributed by atoms with Gasteiger partial charge < -0.3 is 4.90 Å². The van der Waals surface area contributed by atoms with Crippen LogP contribution in [0.4, 0.5) is 0 Å². The molecule has 0 radical (unpaired) electrons. The van der Waals surface area contributed by atoms with Crippen molar-refractivity contribution in [3.63, 3.8) is 0 Å². The molecule has 30 heavy (non-hydrogen) atoms. The van der Waals surface area contributed by atoms with Gasteiger partial charge in [-0.15, -0.1) is 0 Å². The molecular weight excluding hydrogens is 372 g/mol. The minimum atomic E-state index is 0.000989. The molecule has 4 heterocycles. The second-order valence-corrected chi connectivity index (χ2v) is 9.50. The fourth-order valence-electron chi connectivity index (χ4n) is 5.23. The highest BCUT2D eigenvalue weighted by molar-refractivity contribution is 5.77. The fraction of sp³-hybridized carbons (Fsp3) is 0.440. The predicted octanol–water partition coefficient (Wildman–Crippen LogP) is 3.50. The van der Waals surface area contributed by atoms with Crippen LogP contribution in [0.25, 0.3) is 11.2 Å². The minimum absolute atomic E-state index is 0.000989. The summed E-state index contributed by atoms with van der Waals surface area (Å²) in [4.78, 5) is 20.4. The lowest BCUT2D eigenvalue weighted by molar-refractivity contribution is -0.872. The smallest absolute Gasteiger partial charge is 0.258 e. The minimum Gasteiger partial charge on any atom is -0.304 e. The standard InChI is InChI=1S/C25H31N4O/c1-5-27-10-8-18(9-11-27)20-12-17(2)25-26-22(14-24(30)28(25)15-20)19-6-7-23-21(13-19)16-29(23,3)4/h6-7,12-16,18,23H,5,8-11H2,1-4H3/q+1. The Morgan fingerprint density at radius 1 is 1.20 bits per heavy atom. The van der Waals surface area contributed by atoms with Crippen LogP contribution < -0.4 is 5.56 Å². The van der Waals surface area contributed by atoms with Crippen molar-refractivity contribution in [2.24, 2.45) is 0 Å². The van der Waals surface area contributed by atoms with E-state index in [0.717, 1.165) is 59.4 Å². The molecule has 156 valence electrons. The second kappa shape index (κ2) is 7.03. The molecule has 1 saturated heterocycles. The molecule has 5 rings (SSSR count). The first-order valence-corrected chi connectivity index (χ1v) is 11.1. The maximum Gasteiger partial charge on any atom is 0.258 e. The first-order chi connectivity index (χ1) is 14.4. The lowest BCUT2D eigenvalue weighted by Crippen LogP contribution is -2.52. The molecule has 5 nitrogen and oxygen atoms in total. The second-order valence-electron chi connectivity index (χ2n) is 9.50.